The van der Waals surface area contributed by atoms with Gasteiger partial charge in [0.05, 0.1) is 12.2 Å². The molecule has 0 saturated carbocycles. The molecule has 2 aromatic rings. The van der Waals surface area contributed by atoms with Crippen molar-refractivity contribution in [2.24, 2.45) is 0 Å². The molecule has 0 bridgehead atoms. The average Bonchev–Trinajstić information content (AvgIpc) is 3.13. The molecule has 0 aliphatic carbocycles. The molecule has 1 atom stereocenters. The lowest BCUT2D eigenvalue weighted by molar-refractivity contribution is -0.117. The number of benzene rings is 1. The molecular weight excluding hydrogens is 262 g/mol. The fraction of sp³-hybridized carbons (Fsp3) is 0.231. The van der Waals surface area contributed by atoms with Gasteiger partial charge in [0.2, 0.25) is 5.91 Å². The van der Waals surface area contributed by atoms with Crippen LogP contribution >= 0.6 is 11.8 Å². The zero-order valence-electron chi connectivity index (χ0n) is 10.1. The molecule has 0 radical (unpaired) electrons. The highest BCUT2D eigenvalue weighted by atomic mass is 32.2. The van der Waals surface area contributed by atoms with Gasteiger partial charge < -0.3 is 9.73 Å². The highest BCUT2D eigenvalue weighted by Crippen LogP contribution is 2.21. The predicted molar refractivity (Wildman–Crippen MR) is 74.8 cm³/mol. The number of hydrogen-bond donors (Lipinski definition) is 2. The number of aromatic nitrogens is 1. The topological polar surface area (TPSA) is 67.2 Å². The third-order valence-corrected chi connectivity index (χ3v) is 3.84. The van der Waals surface area contributed by atoms with Crippen LogP contribution in [0.5, 0.6) is 0 Å². The van der Waals surface area contributed by atoms with Gasteiger partial charge in [-0.1, -0.05) is 0 Å². The standard InChI is InChI=1S/C13H13N3O2S/c17-13(11-6-19-8-15-11)16-10-3-1-9(2-4-10)12-5-14-7-18-12/h1-5,7,11,15H,6,8H2,(H,16,17). The van der Waals surface area contributed by atoms with Crippen molar-refractivity contribution >= 4 is 23.4 Å². The molecule has 1 aromatic heterocycles. The van der Waals surface area contributed by atoms with Crippen molar-refractivity contribution in [3.05, 3.63) is 36.9 Å². The van der Waals surface area contributed by atoms with Crippen LogP contribution in [-0.2, 0) is 4.79 Å². The first-order valence-corrected chi connectivity index (χ1v) is 7.09. The highest BCUT2D eigenvalue weighted by molar-refractivity contribution is 7.99. The zero-order valence-corrected chi connectivity index (χ0v) is 10.9. The molecule has 1 amide bonds. The van der Waals surface area contributed by atoms with Crippen LogP contribution < -0.4 is 10.6 Å². The molecule has 1 saturated heterocycles. The second kappa shape index (κ2) is 5.46. The molecule has 6 heteroatoms. The Morgan fingerprint density at radius 2 is 2.26 bits per heavy atom. The van der Waals surface area contributed by atoms with E-state index in [0.29, 0.717) is 5.76 Å². The fourth-order valence-electron chi connectivity index (χ4n) is 1.87. The summed E-state index contributed by atoms with van der Waals surface area (Å²) >= 11 is 1.73. The van der Waals surface area contributed by atoms with E-state index in [1.54, 1.807) is 18.0 Å². The monoisotopic (exact) mass is 275 g/mol. The Labute approximate surface area is 114 Å². The van der Waals surface area contributed by atoms with Gasteiger partial charge in [-0.15, -0.1) is 11.8 Å². The molecule has 5 nitrogen and oxygen atoms in total. The fourth-order valence-corrected chi connectivity index (χ4v) is 2.81. The van der Waals surface area contributed by atoms with Gasteiger partial charge in [0.15, 0.2) is 12.2 Å². The van der Waals surface area contributed by atoms with E-state index in [-0.39, 0.29) is 11.9 Å². The summed E-state index contributed by atoms with van der Waals surface area (Å²) in [5.41, 5.74) is 1.72. The molecule has 19 heavy (non-hydrogen) atoms. The van der Waals surface area contributed by atoms with Gasteiger partial charge in [0.1, 0.15) is 0 Å². The molecule has 1 unspecified atom stereocenters. The summed E-state index contributed by atoms with van der Waals surface area (Å²) in [5.74, 6) is 2.38. The lowest BCUT2D eigenvalue weighted by atomic mass is 10.1. The molecule has 1 aliphatic rings. The van der Waals surface area contributed by atoms with Crippen molar-refractivity contribution in [3.8, 4) is 11.3 Å². The second-order valence-corrected chi connectivity index (χ2v) is 5.23. The van der Waals surface area contributed by atoms with Crippen LogP contribution in [0.25, 0.3) is 11.3 Å². The summed E-state index contributed by atoms with van der Waals surface area (Å²) in [6, 6.07) is 7.41. The van der Waals surface area contributed by atoms with E-state index in [9.17, 15) is 4.79 Å². The van der Waals surface area contributed by atoms with Gasteiger partial charge in [0.25, 0.3) is 0 Å². The van der Waals surface area contributed by atoms with Crippen LogP contribution in [0.4, 0.5) is 5.69 Å². The summed E-state index contributed by atoms with van der Waals surface area (Å²) < 4.78 is 5.21. The third-order valence-electron chi connectivity index (χ3n) is 2.90. The second-order valence-electron chi connectivity index (χ2n) is 4.20. The van der Waals surface area contributed by atoms with Crippen LogP contribution in [0.15, 0.2) is 41.3 Å². The van der Waals surface area contributed by atoms with Crippen molar-refractivity contribution in [3.63, 3.8) is 0 Å². The summed E-state index contributed by atoms with van der Waals surface area (Å²) in [6.07, 6.45) is 3.06. The number of carbonyl (C=O) groups is 1. The van der Waals surface area contributed by atoms with Crippen molar-refractivity contribution in [1.82, 2.24) is 10.3 Å². The highest BCUT2D eigenvalue weighted by Gasteiger charge is 2.22. The molecule has 1 aliphatic heterocycles. The maximum atomic E-state index is 11.9. The Kier molecular flexibility index (Phi) is 3.52. The van der Waals surface area contributed by atoms with Crippen LogP contribution in [0.2, 0.25) is 0 Å². The summed E-state index contributed by atoms with van der Waals surface area (Å²) in [7, 11) is 0. The Bertz CT molecular complexity index is 548. The molecule has 98 valence electrons. The number of amides is 1. The summed E-state index contributed by atoms with van der Waals surface area (Å²) in [6.45, 7) is 0. The molecular formula is C13H13N3O2S. The van der Waals surface area contributed by atoms with E-state index in [0.717, 1.165) is 22.9 Å². The zero-order chi connectivity index (χ0) is 13.1. The van der Waals surface area contributed by atoms with Crippen LogP contribution in [0, 0.1) is 0 Å². The number of oxazole rings is 1. The molecule has 2 heterocycles. The van der Waals surface area contributed by atoms with Crippen molar-refractivity contribution in [1.29, 1.82) is 0 Å². The lowest BCUT2D eigenvalue weighted by Gasteiger charge is -2.10. The molecule has 1 aromatic carbocycles. The van der Waals surface area contributed by atoms with Gasteiger partial charge in [-0.3, -0.25) is 10.1 Å². The van der Waals surface area contributed by atoms with Crippen molar-refractivity contribution in [2.45, 2.75) is 6.04 Å². The number of rotatable bonds is 3. The largest absolute Gasteiger partial charge is 0.444 e. The van der Waals surface area contributed by atoms with Gasteiger partial charge >= 0.3 is 0 Å². The molecule has 0 spiro atoms. The lowest BCUT2D eigenvalue weighted by Crippen LogP contribution is -2.37. The van der Waals surface area contributed by atoms with Gasteiger partial charge in [-0.05, 0) is 24.3 Å². The minimum Gasteiger partial charge on any atom is -0.444 e. The quantitative estimate of drug-likeness (QED) is 0.896. The first-order valence-electron chi connectivity index (χ1n) is 5.94. The number of nitrogens with one attached hydrogen (secondary N) is 2. The minimum atomic E-state index is -0.0982. The van der Waals surface area contributed by atoms with E-state index in [4.69, 9.17) is 4.42 Å². The average molecular weight is 275 g/mol. The third kappa shape index (κ3) is 2.80. The van der Waals surface area contributed by atoms with E-state index in [1.165, 1.54) is 6.39 Å². The molecule has 3 rings (SSSR count). The Hall–Kier alpha value is -1.79. The van der Waals surface area contributed by atoms with Gasteiger partial charge in [-0.25, -0.2) is 4.98 Å². The Morgan fingerprint density at radius 3 is 2.89 bits per heavy atom. The normalized spacial score (nSPS) is 18.4. The number of thioether (sulfide) groups is 1. The predicted octanol–water partition coefficient (Wildman–Crippen LogP) is 1.94. The molecule has 1 fully saturated rings. The maximum Gasteiger partial charge on any atom is 0.242 e. The van der Waals surface area contributed by atoms with E-state index in [2.05, 4.69) is 15.6 Å². The number of hydrogen-bond acceptors (Lipinski definition) is 5. The van der Waals surface area contributed by atoms with E-state index >= 15 is 0 Å². The van der Waals surface area contributed by atoms with Crippen LogP contribution in [-0.4, -0.2) is 28.6 Å². The Balaban J connectivity index is 1.67. The molecule has 2 N–H and O–H groups in total. The summed E-state index contributed by atoms with van der Waals surface area (Å²) in [5, 5.41) is 6.03. The SMILES string of the molecule is O=C(Nc1ccc(-c2cnco2)cc1)C1CSCN1. The van der Waals surface area contributed by atoms with Crippen molar-refractivity contribution < 1.29 is 9.21 Å². The number of carbonyl (C=O) groups excluding carboxylic acids is 1. The summed E-state index contributed by atoms with van der Waals surface area (Å²) in [4.78, 5) is 15.8. The van der Waals surface area contributed by atoms with E-state index < -0.39 is 0 Å². The Morgan fingerprint density at radius 1 is 1.42 bits per heavy atom. The van der Waals surface area contributed by atoms with Crippen LogP contribution in [0.3, 0.4) is 0 Å². The smallest absolute Gasteiger partial charge is 0.242 e. The van der Waals surface area contributed by atoms with Crippen molar-refractivity contribution in [2.75, 3.05) is 16.9 Å². The first kappa shape index (κ1) is 12.3. The number of nitrogens with zero attached hydrogens (tertiary/aromatic N) is 1. The van der Waals surface area contributed by atoms with E-state index in [1.807, 2.05) is 24.3 Å². The minimum absolute atomic E-state index is 0.0115. The van der Waals surface area contributed by atoms with Crippen LogP contribution in [0.1, 0.15) is 0 Å². The van der Waals surface area contributed by atoms with Gasteiger partial charge in [0, 0.05) is 22.9 Å². The first-order chi connectivity index (χ1) is 9.33. The number of anilines is 1. The maximum absolute atomic E-state index is 11.9. The van der Waals surface area contributed by atoms with Gasteiger partial charge in [-0.2, -0.15) is 0 Å².